The maximum absolute atomic E-state index is 12.1. The van der Waals surface area contributed by atoms with Crippen LogP contribution in [0.1, 0.15) is 24.0 Å². The van der Waals surface area contributed by atoms with Gasteiger partial charge in [0.25, 0.3) is 0 Å². The third kappa shape index (κ3) is 5.17. The molecule has 0 radical (unpaired) electrons. The number of aromatic nitrogens is 1. The molecule has 0 saturated carbocycles. The Morgan fingerprint density at radius 1 is 1.48 bits per heavy atom. The summed E-state index contributed by atoms with van der Waals surface area (Å²) in [7, 11) is 0. The molecule has 0 aliphatic carbocycles. The minimum absolute atomic E-state index is 0.0360. The van der Waals surface area contributed by atoms with Crippen LogP contribution in [0.5, 0.6) is 5.88 Å². The number of ether oxygens (including phenoxy) is 1. The number of aliphatic imine (C=N–C) groups is 1. The van der Waals surface area contributed by atoms with Crippen LogP contribution in [-0.2, 0) is 6.54 Å². The van der Waals surface area contributed by atoms with Crippen LogP contribution in [0.15, 0.2) is 41.3 Å². The fourth-order valence-corrected chi connectivity index (χ4v) is 2.32. The molecule has 1 aliphatic rings. The number of nitrogens with zero attached hydrogens (tertiary/aromatic N) is 2. The first-order chi connectivity index (χ1) is 11.2. The van der Waals surface area contributed by atoms with Crippen molar-refractivity contribution >= 4 is 5.71 Å². The average Bonchev–Trinajstić information content (AvgIpc) is 2.56. The molecule has 1 aromatic heterocycles. The highest BCUT2D eigenvalue weighted by molar-refractivity contribution is 6.01. The van der Waals surface area contributed by atoms with Crippen molar-refractivity contribution in [2.24, 2.45) is 10.7 Å². The lowest BCUT2D eigenvalue weighted by molar-refractivity contribution is 0.263. The van der Waals surface area contributed by atoms with Crippen LogP contribution in [0, 0.1) is 6.92 Å². The summed E-state index contributed by atoms with van der Waals surface area (Å²) >= 11 is 0. The summed E-state index contributed by atoms with van der Waals surface area (Å²) in [5, 5.41) is 3.29. The number of nitrogens with one attached hydrogen (secondary N) is 1. The van der Waals surface area contributed by atoms with Gasteiger partial charge in [0, 0.05) is 42.8 Å². The molecule has 0 spiro atoms. The van der Waals surface area contributed by atoms with Gasteiger partial charge in [-0.15, -0.1) is 0 Å². The van der Waals surface area contributed by atoms with Crippen molar-refractivity contribution in [3.63, 3.8) is 0 Å². The van der Waals surface area contributed by atoms with Crippen LogP contribution in [0.3, 0.4) is 0 Å². The van der Waals surface area contributed by atoms with Crippen molar-refractivity contribution in [3.8, 4) is 5.88 Å². The molecule has 0 amide bonds. The zero-order valence-electron chi connectivity index (χ0n) is 13.4. The van der Waals surface area contributed by atoms with E-state index in [1.54, 1.807) is 6.20 Å². The Morgan fingerprint density at radius 3 is 3.09 bits per heavy atom. The second kappa shape index (κ2) is 9.05. The van der Waals surface area contributed by atoms with Crippen LogP contribution in [0.25, 0.3) is 0 Å². The molecule has 3 N–H and O–H groups in total. The first-order valence-electron chi connectivity index (χ1n) is 7.73. The number of aryl methyl sites for hydroxylation is 1. The fourth-order valence-electron chi connectivity index (χ4n) is 2.32. The van der Waals surface area contributed by atoms with Crippen LogP contribution >= 0.6 is 0 Å². The molecule has 0 saturated heterocycles. The van der Waals surface area contributed by atoms with Crippen molar-refractivity contribution in [2.75, 3.05) is 19.8 Å². The van der Waals surface area contributed by atoms with E-state index in [-0.39, 0.29) is 6.61 Å². The predicted octanol–water partition coefficient (Wildman–Crippen LogP) is 2.42. The largest absolute Gasteiger partial charge is 0.475 e. The molecule has 6 heteroatoms. The van der Waals surface area contributed by atoms with Gasteiger partial charge >= 0.3 is 0 Å². The van der Waals surface area contributed by atoms with Gasteiger partial charge in [-0.05, 0) is 37.1 Å². The summed E-state index contributed by atoms with van der Waals surface area (Å²) in [5.41, 5.74) is 9.74. The normalized spacial score (nSPS) is 15.6. The molecule has 124 valence electrons. The lowest BCUT2D eigenvalue weighted by atomic mass is 10.0. The highest BCUT2D eigenvalue weighted by Gasteiger charge is 2.08. The van der Waals surface area contributed by atoms with E-state index in [9.17, 15) is 4.39 Å². The van der Waals surface area contributed by atoms with Gasteiger partial charge in [0.2, 0.25) is 5.88 Å². The van der Waals surface area contributed by atoms with Gasteiger partial charge in [-0.2, -0.15) is 0 Å². The number of hydrogen-bond donors (Lipinski definition) is 2. The van der Waals surface area contributed by atoms with Gasteiger partial charge in [0.15, 0.2) is 0 Å². The number of pyridine rings is 1. The molecule has 0 bridgehead atoms. The van der Waals surface area contributed by atoms with Crippen LogP contribution < -0.4 is 15.8 Å². The molecule has 0 unspecified atom stereocenters. The topological polar surface area (TPSA) is 72.5 Å². The van der Waals surface area contributed by atoms with Gasteiger partial charge in [-0.1, -0.05) is 6.08 Å². The van der Waals surface area contributed by atoms with Crippen LogP contribution in [0.4, 0.5) is 4.39 Å². The molecule has 2 rings (SSSR count). The minimum atomic E-state index is -0.515. The fraction of sp³-hybridized carbons (Fsp3) is 0.412. The van der Waals surface area contributed by atoms with Crippen molar-refractivity contribution in [2.45, 2.75) is 26.3 Å². The van der Waals surface area contributed by atoms with E-state index < -0.39 is 6.67 Å². The van der Waals surface area contributed by atoms with Gasteiger partial charge in [0.1, 0.15) is 13.3 Å². The third-order valence-electron chi connectivity index (χ3n) is 3.41. The zero-order chi connectivity index (χ0) is 16.5. The Bertz CT molecular complexity index is 611. The minimum Gasteiger partial charge on any atom is -0.475 e. The smallest absolute Gasteiger partial charge is 0.216 e. The SMILES string of the molecule is Cc1cc(CN/C=C2\CC=CN=C2CCN)cnc1OCCF. The molecule has 0 aromatic carbocycles. The Morgan fingerprint density at radius 2 is 2.35 bits per heavy atom. The summed E-state index contributed by atoms with van der Waals surface area (Å²) < 4.78 is 17.4. The lowest BCUT2D eigenvalue weighted by Gasteiger charge is -2.12. The number of rotatable bonds is 8. The highest BCUT2D eigenvalue weighted by atomic mass is 19.1. The zero-order valence-corrected chi connectivity index (χ0v) is 13.4. The average molecular weight is 318 g/mol. The molecule has 1 aliphatic heterocycles. The van der Waals surface area contributed by atoms with E-state index in [0.29, 0.717) is 19.0 Å². The summed E-state index contributed by atoms with van der Waals surface area (Å²) in [6.45, 7) is 2.67. The Hall–Kier alpha value is -2.21. The molecule has 5 nitrogen and oxygen atoms in total. The third-order valence-corrected chi connectivity index (χ3v) is 3.41. The standard InChI is InChI=1S/C17H23FN4O/c1-13-9-14(11-22-17(13)23-8-5-18)10-20-12-15-3-2-7-21-16(15)4-6-19/h2,7,9,11-12,20H,3-6,8,10,19H2,1H3/b15-12+. The number of allylic oxidation sites excluding steroid dienone is 2. The second-order valence-electron chi connectivity index (χ2n) is 5.26. The number of hydrogen-bond acceptors (Lipinski definition) is 5. The molecule has 1 aromatic rings. The van der Waals surface area contributed by atoms with E-state index in [1.807, 2.05) is 31.5 Å². The number of halogens is 1. The van der Waals surface area contributed by atoms with E-state index in [1.165, 1.54) is 0 Å². The van der Waals surface area contributed by atoms with E-state index in [2.05, 4.69) is 15.3 Å². The summed E-state index contributed by atoms with van der Waals surface area (Å²) in [5.74, 6) is 0.486. The summed E-state index contributed by atoms with van der Waals surface area (Å²) in [4.78, 5) is 8.59. The molecular formula is C17H23FN4O. The first-order valence-corrected chi connectivity index (χ1v) is 7.73. The summed E-state index contributed by atoms with van der Waals surface area (Å²) in [6.07, 6.45) is 9.21. The Labute approximate surface area is 136 Å². The molecule has 0 atom stereocenters. The van der Waals surface area contributed by atoms with Crippen LogP contribution in [-0.4, -0.2) is 30.5 Å². The maximum atomic E-state index is 12.1. The molecule has 23 heavy (non-hydrogen) atoms. The Balaban J connectivity index is 1.93. The summed E-state index contributed by atoms with van der Waals surface area (Å²) in [6, 6.07) is 1.99. The Kier molecular flexibility index (Phi) is 6.75. The first kappa shape index (κ1) is 17.1. The number of nitrogens with two attached hydrogens (primary N) is 1. The van der Waals surface area contributed by atoms with Gasteiger partial charge < -0.3 is 15.8 Å². The van der Waals surface area contributed by atoms with Gasteiger partial charge in [-0.25, -0.2) is 9.37 Å². The maximum Gasteiger partial charge on any atom is 0.216 e. The van der Waals surface area contributed by atoms with Gasteiger partial charge in [0.05, 0.1) is 0 Å². The molecule has 2 heterocycles. The van der Waals surface area contributed by atoms with Crippen LogP contribution in [0.2, 0.25) is 0 Å². The molecular weight excluding hydrogens is 295 g/mol. The van der Waals surface area contributed by atoms with Crippen molar-refractivity contribution in [1.29, 1.82) is 0 Å². The highest BCUT2D eigenvalue weighted by Crippen LogP contribution is 2.16. The lowest BCUT2D eigenvalue weighted by Crippen LogP contribution is -2.15. The van der Waals surface area contributed by atoms with Crippen molar-refractivity contribution in [3.05, 3.63) is 47.4 Å². The van der Waals surface area contributed by atoms with Gasteiger partial charge in [-0.3, -0.25) is 4.99 Å². The van der Waals surface area contributed by atoms with E-state index in [0.717, 1.165) is 35.3 Å². The second-order valence-corrected chi connectivity index (χ2v) is 5.26. The predicted molar refractivity (Wildman–Crippen MR) is 90.2 cm³/mol. The van der Waals surface area contributed by atoms with Crippen molar-refractivity contribution in [1.82, 2.24) is 10.3 Å². The monoisotopic (exact) mass is 318 g/mol. The number of alkyl halides is 1. The molecule has 0 fully saturated rings. The van der Waals surface area contributed by atoms with E-state index >= 15 is 0 Å². The van der Waals surface area contributed by atoms with Crippen molar-refractivity contribution < 1.29 is 9.13 Å². The van der Waals surface area contributed by atoms with E-state index in [4.69, 9.17) is 10.5 Å². The quantitative estimate of drug-likeness (QED) is 0.772.